The van der Waals surface area contributed by atoms with E-state index in [9.17, 15) is 26.0 Å². The highest BCUT2D eigenvalue weighted by Crippen LogP contribution is 2.37. The molecule has 3 aromatic heterocycles. The minimum absolute atomic E-state index is 0.0146. The number of nitrogens with zero attached hydrogens (tertiary/aromatic N) is 5. The van der Waals surface area contributed by atoms with E-state index in [1.165, 1.54) is 29.1 Å². The first-order valence-electron chi connectivity index (χ1n) is 8.70. The number of rotatable bonds is 3. The van der Waals surface area contributed by atoms with Crippen LogP contribution < -0.4 is 0 Å². The van der Waals surface area contributed by atoms with Gasteiger partial charge in [0.25, 0.3) is 0 Å². The molecular weight excluding hydrogens is 438 g/mol. The molecule has 31 heavy (non-hydrogen) atoms. The van der Waals surface area contributed by atoms with E-state index >= 15 is 0 Å². The average Bonchev–Trinajstić information content (AvgIpc) is 3.07. The van der Waals surface area contributed by atoms with Crippen molar-refractivity contribution in [2.75, 3.05) is 6.26 Å². The molecule has 0 aliphatic rings. The summed E-state index contributed by atoms with van der Waals surface area (Å²) < 4.78 is 79.1. The summed E-state index contributed by atoms with van der Waals surface area (Å²) in [5, 5.41) is -0.466. The van der Waals surface area contributed by atoms with Gasteiger partial charge in [0, 0.05) is 30.4 Å². The summed E-state index contributed by atoms with van der Waals surface area (Å²) in [5.41, 5.74) is -0.332. The van der Waals surface area contributed by atoms with Crippen LogP contribution in [0.15, 0.2) is 48.0 Å². The van der Waals surface area contributed by atoms with Crippen LogP contribution >= 0.6 is 0 Å². The summed E-state index contributed by atoms with van der Waals surface area (Å²) >= 11 is 0. The highest BCUT2D eigenvalue weighted by molar-refractivity contribution is 7.90. The van der Waals surface area contributed by atoms with Crippen molar-refractivity contribution >= 4 is 15.5 Å². The molecule has 0 unspecified atom stereocenters. The Morgan fingerprint density at radius 2 is 1.77 bits per heavy atom. The molecule has 0 radical (unpaired) electrons. The second kappa shape index (κ2) is 7.08. The Morgan fingerprint density at radius 3 is 2.45 bits per heavy atom. The molecule has 4 rings (SSSR count). The van der Waals surface area contributed by atoms with Gasteiger partial charge in [0.05, 0.1) is 28.3 Å². The van der Waals surface area contributed by atoms with E-state index in [0.717, 1.165) is 18.4 Å². The predicted molar refractivity (Wildman–Crippen MR) is 102 cm³/mol. The molecule has 0 atom stereocenters. The molecule has 0 saturated heterocycles. The van der Waals surface area contributed by atoms with Gasteiger partial charge in [-0.05, 0) is 31.2 Å². The zero-order valence-electron chi connectivity index (χ0n) is 16.0. The Kier molecular flexibility index (Phi) is 4.76. The van der Waals surface area contributed by atoms with Gasteiger partial charge < -0.3 is 0 Å². The number of aromatic nitrogens is 5. The molecule has 0 amide bonds. The number of alkyl halides is 3. The lowest BCUT2D eigenvalue weighted by molar-refractivity contribution is -0.137. The monoisotopic (exact) mass is 451 g/mol. The second-order valence-corrected chi connectivity index (χ2v) is 8.65. The maximum Gasteiger partial charge on any atom is 0.416 e. The topological polar surface area (TPSA) is 90.1 Å². The minimum atomic E-state index is -4.77. The van der Waals surface area contributed by atoms with Gasteiger partial charge in [0.1, 0.15) is 5.82 Å². The van der Waals surface area contributed by atoms with Gasteiger partial charge in [-0.25, -0.2) is 27.8 Å². The fourth-order valence-corrected chi connectivity index (χ4v) is 3.61. The second-order valence-electron chi connectivity index (χ2n) is 6.74. The number of hydrogen-bond acceptors (Lipinski definition) is 6. The quantitative estimate of drug-likeness (QED) is 0.348. The molecule has 4 aromatic rings. The van der Waals surface area contributed by atoms with E-state index in [2.05, 4.69) is 19.9 Å². The van der Waals surface area contributed by atoms with E-state index in [1.54, 1.807) is 6.92 Å². The molecule has 0 aliphatic carbocycles. The van der Waals surface area contributed by atoms with Crippen LogP contribution in [0.4, 0.5) is 17.6 Å². The van der Waals surface area contributed by atoms with Crippen molar-refractivity contribution in [2.24, 2.45) is 0 Å². The molecule has 0 spiro atoms. The lowest BCUT2D eigenvalue weighted by Gasteiger charge is -2.10. The molecule has 0 fully saturated rings. The highest BCUT2D eigenvalue weighted by Gasteiger charge is 2.32. The van der Waals surface area contributed by atoms with Gasteiger partial charge in [0.15, 0.2) is 5.65 Å². The van der Waals surface area contributed by atoms with E-state index in [1.807, 2.05) is 0 Å². The molecule has 0 N–H and O–H groups in total. The first-order valence-corrected chi connectivity index (χ1v) is 10.6. The van der Waals surface area contributed by atoms with Crippen LogP contribution in [0.1, 0.15) is 11.3 Å². The van der Waals surface area contributed by atoms with Gasteiger partial charge in [-0.1, -0.05) is 0 Å². The molecule has 1 aromatic carbocycles. The molecule has 7 nitrogen and oxygen atoms in total. The van der Waals surface area contributed by atoms with Gasteiger partial charge in [-0.3, -0.25) is 9.38 Å². The number of imidazole rings is 1. The van der Waals surface area contributed by atoms with Crippen LogP contribution in [0.2, 0.25) is 0 Å². The van der Waals surface area contributed by atoms with Gasteiger partial charge in [0.2, 0.25) is 15.0 Å². The van der Waals surface area contributed by atoms with Crippen molar-refractivity contribution in [3.63, 3.8) is 0 Å². The number of benzene rings is 1. The molecule has 0 saturated carbocycles. The van der Waals surface area contributed by atoms with Crippen molar-refractivity contribution in [3.8, 4) is 22.6 Å². The molecule has 12 heteroatoms. The van der Waals surface area contributed by atoms with E-state index in [-0.39, 0.29) is 22.6 Å². The summed E-state index contributed by atoms with van der Waals surface area (Å²) in [5.74, 6) is -1.10. The van der Waals surface area contributed by atoms with Gasteiger partial charge in [-0.2, -0.15) is 13.2 Å². The Hall–Kier alpha value is -3.41. The van der Waals surface area contributed by atoms with E-state index < -0.39 is 32.6 Å². The molecule has 0 bridgehead atoms. The Labute approximate surface area is 173 Å². The number of hydrogen-bond donors (Lipinski definition) is 0. The Bertz CT molecular complexity index is 1430. The van der Waals surface area contributed by atoms with Crippen LogP contribution in [-0.2, 0) is 16.0 Å². The first-order chi connectivity index (χ1) is 14.4. The Balaban J connectivity index is 2.07. The zero-order chi connectivity index (χ0) is 22.6. The summed E-state index contributed by atoms with van der Waals surface area (Å²) in [6.45, 7) is 1.64. The van der Waals surface area contributed by atoms with E-state index in [4.69, 9.17) is 0 Å². The SMILES string of the molecule is Cc1nccn2c(-c3ccnc(S(C)(=O)=O)n3)c(-c3cc(F)cc(C(F)(F)F)c3)nc12. The summed E-state index contributed by atoms with van der Waals surface area (Å²) in [6, 6.07) is 3.47. The smallest absolute Gasteiger partial charge is 0.295 e. The summed E-state index contributed by atoms with van der Waals surface area (Å²) in [7, 11) is -3.76. The number of sulfone groups is 1. The molecule has 160 valence electrons. The normalized spacial score (nSPS) is 12.5. The number of aryl methyl sites for hydroxylation is 1. The molecular formula is C19H13F4N5O2S. The van der Waals surface area contributed by atoms with Crippen molar-refractivity contribution in [3.05, 3.63) is 59.9 Å². The van der Waals surface area contributed by atoms with Gasteiger partial charge >= 0.3 is 6.18 Å². The van der Waals surface area contributed by atoms with Crippen LogP contribution in [0.3, 0.4) is 0 Å². The van der Waals surface area contributed by atoms with Crippen LogP contribution in [0.5, 0.6) is 0 Å². The van der Waals surface area contributed by atoms with Crippen LogP contribution in [0.25, 0.3) is 28.3 Å². The third kappa shape index (κ3) is 3.85. The summed E-state index contributed by atoms with van der Waals surface area (Å²) in [4.78, 5) is 16.3. The largest absolute Gasteiger partial charge is 0.416 e. The minimum Gasteiger partial charge on any atom is -0.295 e. The van der Waals surface area contributed by atoms with Crippen molar-refractivity contribution < 1.29 is 26.0 Å². The standard InChI is InChI=1S/C19H13F4N5O2S/c1-10-17-27-15(11-7-12(19(21,22)23)9-13(20)8-11)16(28(17)6-5-24-10)14-3-4-25-18(26-14)31(2,29)30/h3-9H,1-2H3. The van der Waals surface area contributed by atoms with Crippen molar-refractivity contribution in [2.45, 2.75) is 18.3 Å². The van der Waals surface area contributed by atoms with Crippen molar-refractivity contribution in [1.82, 2.24) is 24.3 Å². The maximum atomic E-state index is 14.1. The van der Waals surface area contributed by atoms with Crippen LogP contribution in [-0.4, -0.2) is 39.0 Å². The fourth-order valence-electron chi connectivity index (χ4n) is 3.09. The van der Waals surface area contributed by atoms with Crippen LogP contribution in [0, 0.1) is 12.7 Å². The molecule has 0 aliphatic heterocycles. The molecule has 3 heterocycles. The van der Waals surface area contributed by atoms with E-state index in [0.29, 0.717) is 17.4 Å². The summed E-state index contributed by atoms with van der Waals surface area (Å²) in [6.07, 6.45) is 0.315. The maximum absolute atomic E-state index is 14.1. The zero-order valence-corrected chi connectivity index (χ0v) is 16.8. The van der Waals surface area contributed by atoms with Gasteiger partial charge in [-0.15, -0.1) is 0 Å². The highest BCUT2D eigenvalue weighted by atomic mass is 32.2. The van der Waals surface area contributed by atoms with Crippen molar-refractivity contribution in [1.29, 1.82) is 0 Å². The third-order valence-corrected chi connectivity index (χ3v) is 5.28. The lowest BCUT2D eigenvalue weighted by Crippen LogP contribution is -2.06. The lowest BCUT2D eigenvalue weighted by atomic mass is 10.0. The predicted octanol–water partition coefficient (Wildman–Crippen LogP) is 3.72. The fraction of sp³-hybridized carbons (Fsp3) is 0.158. The Morgan fingerprint density at radius 1 is 1.03 bits per heavy atom. The average molecular weight is 451 g/mol. The number of fused-ring (bicyclic) bond motifs is 1. The first kappa shape index (κ1) is 20.8. The number of halogens is 4. The third-order valence-electron chi connectivity index (χ3n) is 4.42.